The van der Waals surface area contributed by atoms with E-state index in [-0.39, 0.29) is 16.7 Å². The molecule has 0 aliphatic carbocycles. The molecule has 0 saturated carbocycles. The summed E-state index contributed by atoms with van der Waals surface area (Å²) in [5, 5.41) is 21.5. The normalized spacial score (nSPS) is 21.4. The van der Waals surface area contributed by atoms with Gasteiger partial charge in [0.05, 0.1) is 12.1 Å². The molecule has 3 heterocycles. The van der Waals surface area contributed by atoms with Crippen LogP contribution in [0.1, 0.15) is 12.0 Å². The molecule has 0 bridgehead atoms. The molecule has 0 amide bonds. The van der Waals surface area contributed by atoms with Crippen molar-refractivity contribution in [1.29, 1.82) is 0 Å². The zero-order valence-electron chi connectivity index (χ0n) is 11.4. The van der Waals surface area contributed by atoms with Gasteiger partial charge in [0.1, 0.15) is 0 Å². The van der Waals surface area contributed by atoms with Crippen molar-refractivity contribution in [3.05, 3.63) is 47.4 Å². The summed E-state index contributed by atoms with van der Waals surface area (Å²) in [5.74, 6) is -0.270. The number of aromatic nitrogens is 3. The third kappa shape index (κ3) is 2.73. The SMILES string of the molecule is OC1(C(F)(F)F)CC(c2cccnc2)=NN1c1ccc(Cl)nn1. The number of hydrogen-bond acceptors (Lipinski definition) is 6. The molecule has 0 aromatic carbocycles. The predicted molar refractivity (Wildman–Crippen MR) is 75.9 cm³/mol. The van der Waals surface area contributed by atoms with Crippen LogP contribution in [0, 0.1) is 0 Å². The number of hydrazone groups is 1. The van der Waals surface area contributed by atoms with Crippen LogP contribution in [0.25, 0.3) is 0 Å². The average molecular weight is 344 g/mol. The Labute approximate surface area is 133 Å². The fraction of sp³-hybridized carbons (Fsp3) is 0.231. The highest BCUT2D eigenvalue weighted by molar-refractivity contribution is 6.29. The highest BCUT2D eigenvalue weighted by Gasteiger charge is 2.62. The van der Waals surface area contributed by atoms with Crippen molar-refractivity contribution in [3.63, 3.8) is 0 Å². The topological polar surface area (TPSA) is 74.5 Å². The van der Waals surface area contributed by atoms with Crippen LogP contribution in [0.3, 0.4) is 0 Å². The Balaban J connectivity index is 2.07. The number of hydrogen-bond donors (Lipinski definition) is 1. The predicted octanol–water partition coefficient (Wildman–Crippen LogP) is 2.39. The molecule has 1 N–H and O–H groups in total. The van der Waals surface area contributed by atoms with Crippen LogP contribution in [0.5, 0.6) is 0 Å². The number of alkyl halides is 3. The maximum Gasteiger partial charge on any atom is 0.438 e. The summed E-state index contributed by atoms with van der Waals surface area (Å²) < 4.78 is 40.2. The molecular formula is C13H9ClF3N5O. The fourth-order valence-electron chi connectivity index (χ4n) is 2.12. The van der Waals surface area contributed by atoms with Gasteiger partial charge in [-0.2, -0.15) is 18.3 Å². The van der Waals surface area contributed by atoms with E-state index < -0.39 is 18.3 Å². The first-order valence-corrected chi connectivity index (χ1v) is 6.75. The summed E-state index contributed by atoms with van der Waals surface area (Å²) in [6.45, 7) is 0. The molecule has 1 atom stereocenters. The first kappa shape index (κ1) is 15.6. The molecule has 1 aliphatic rings. The molecule has 120 valence electrons. The Morgan fingerprint density at radius 3 is 2.57 bits per heavy atom. The van der Waals surface area contributed by atoms with Crippen LogP contribution in [-0.4, -0.2) is 37.9 Å². The van der Waals surface area contributed by atoms with Gasteiger partial charge in [-0.25, -0.2) is 5.01 Å². The van der Waals surface area contributed by atoms with Crippen LogP contribution in [0.2, 0.25) is 5.15 Å². The van der Waals surface area contributed by atoms with Gasteiger partial charge in [0.2, 0.25) is 0 Å². The molecule has 2 aromatic heterocycles. The summed E-state index contributed by atoms with van der Waals surface area (Å²) in [7, 11) is 0. The van der Waals surface area contributed by atoms with E-state index in [1.54, 1.807) is 12.1 Å². The molecule has 6 nitrogen and oxygen atoms in total. The molecule has 2 aromatic rings. The van der Waals surface area contributed by atoms with Crippen molar-refractivity contribution in [2.45, 2.75) is 18.3 Å². The zero-order valence-corrected chi connectivity index (χ0v) is 12.1. The fourth-order valence-corrected chi connectivity index (χ4v) is 2.22. The monoisotopic (exact) mass is 343 g/mol. The summed E-state index contributed by atoms with van der Waals surface area (Å²) in [4.78, 5) is 3.84. The van der Waals surface area contributed by atoms with Gasteiger partial charge in [-0.05, 0) is 18.2 Å². The molecule has 0 saturated heterocycles. The minimum absolute atomic E-state index is 0.0138. The molecule has 1 unspecified atom stereocenters. The molecule has 10 heteroatoms. The highest BCUT2D eigenvalue weighted by Crippen LogP contribution is 2.42. The first-order valence-electron chi connectivity index (χ1n) is 6.38. The molecule has 3 rings (SSSR count). The Morgan fingerprint density at radius 1 is 1.22 bits per heavy atom. The third-order valence-corrected chi connectivity index (χ3v) is 3.47. The van der Waals surface area contributed by atoms with Crippen LogP contribution >= 0.6 is 11.6 Å². The number of anilines is 1. The van der Waals surface area contributed by atoms with E-state index in [1.807, 2.05) is 0 Å². The summed E-state index contributed by atoms with van der Waals surface area (Å²) in [6, 6.07) is 5.58. The van der Waals surface area contributed by atoms with E-state index in [0.29, 0.717) is 10.6 Å². The summed E-state index contributed by atoms with van der Waals surface area (Å²) in [6.07, 6.45) is -2.86. The van der Waals surface area contributed by atoms with Crippen molar-refractivity contribution in [2.75, 3.05) is 5.01 Å². The second kappa shape index (κ2) is 5.43. The van der Waals surface area contributed by atoms with Crippen molar-refractivity contribution < 1.29 is 18.3 Å². The van der Waals surface area contributed by atoms with E-state index in [0.717, 1.165) is 0 Å². The van der Waals surface area contributed by atoms with E-state index in [9.17, 15) is 18.3 Å². The van der Waals surface area contributed by atoms with Crippen molar-refractivity contribution in [1.82, 2.24) is 15.2 Å². The lowest BCUT2D eigenvalue weighted by atomic mass is 10.0. The van der Waals surface area contributed by atoms with Crippen molar-refractivity contribution in [2.24, 2.45) is 5.10 Å². The van der Waals surface area contributed by atoms with Crippen molar-refractivity contribution in [3.8, 4) is 0 Å². The summed E-state index contributed by atoms with van der Waals surface area (Å²) >= 11 is 5.58. The van der Waals surface area contributed by atoms with Crippen LogP contribution < -0.4 is 5.01 Å². The Kier molecular flexibility index (Phi) is 3.69. The molecule has 1 aliphatic heterocycles. The van der Waals surface area contributed by atoms with Gasteiger partial charge >= 0.3 is 6.18 Å². The van der Waals surface area contributed by atoms with E-state index in [1.165, 1.54) is 24.5 Å². The lowest BCUT2D eigenvalue weighted by Gasteiger charge is -2.32. The second-order valence-corrected chi connectivity index (χ2v) is 5.19. The van der Waals surface area contributed by atoms with Gasteiger partial charge in [-0.3, -0.25) is 4.98 Å². The Morgan fingerprint density at radius 2 is 2.00 bits per heavy atom. The van der Waals surface area contributed by atoms with Crippen LogP contribution in [0.15, 0.2) is 41.8 Å². The molecule has 0 fully saturated rings. The number of nitrogens with zero attached hydrogens (tertiary/aromatic N) is 5. The minimum Gasteiger partial charge on any atom is -0.362 e. The average Bonchev–Trinajstić information content (AvgIpc) is 2.88. The minimum atomic E-state index is -4.96. The summed E-state index contributed by atoms with van der Waals surface area (Å²) in [5.41, 5.74) is -2.81. The highest BCUT2D eigenvalue weighted by atomic mass is 35.5. The van der Waals surface area contributed by atoms with Gasteiger partial charge in [0.15, 0.2) is 11.0 Å². The van der Waals surface area contributed by atoms with Crippen LogP contribution in [-0.2, 0) is 0 Å². The molecule has 0 spiro atoms. The van der Waals surface area contributed by atoms with Gasteiger partial charge in [-0.15, -0.1) is 10.2 Å². The van der Waals surface area contributed by atoms with Crippen molar-refractivity contribution >= 4 is 23.1 Å². The maximum atomic E-state index is 13.4. The van der Waals surface area contributed by atoms with E-state index in [4.69, 9.17) is 11.6 Å². The second-order valence-electron chi connectivity index (χ2n) is 4.81. The maximum absolute atomic E-state index is 13.4. The number of rotatable bonds is 2. The smallest absolute Gasteiger partial charge is 0.362 e. The zero-order chi connectivity index (χ0) is 16.7. The number of aliphatic hydroxyl groups is 1. The van der Waals surface area contributed by atoms with Gasteiger partial charge in [0, 0.05) is 18.0 Å². The number of pyridine rings is 1. The lowest BCUT2D eigenvalue weighted by molar-refractivity contribution is -0.254. The van der Waals surface area contributed by atoms with Gasteiger partial charge < -0.3 is 5.11 Å². The number of halogens is 4. The van der Waals surface area contributed by atoms with Crippen LogP contribution in [0.4, 0.5) is 19.0 Å². The lowest BCUT2D eigenvalue weighted by Crippen LogP contribution is -2.55. The Hall–Kier alpha value is -2.26. The van der Waals surface area contributed by atoms with Gasteiger partial charge in [0.25, 0.3) is 5.72 Å². The largest absolute Gasteiger partial charge is 0.438 e. The molecule has 0 radical (unpaired) electrons. The van der Waals surface area contributed by atoms with E-state index >= 15 is 0 Å². The first-order chi connectivity index (χ1) is 10.8. The Bertz CT molecular complexity index is 738. The third-order valence-electron chi connectivity index (χ3n) is 3.27. The van der Waals surface area contributed by atoms with Gasteiger partial charge in [-0.1, -0.05) is 17.7 Å². The van der Waals surface area contributed by atoms with E-state index in [2.05, 4.69) is 20.3 Å². The standard InChI is InChI=1S/C13H9ClF3N5O/c14-10-3-4-11(20-19-10)22-12(23,13(15,16)17)6-9(21-22)8-2-1-5-18-7-8/h1-5,7,23H,6H2. The quantitative estimate of drug-likeness (QED) is 0.906. The molecule has 23 heavy (non-hydrogen) atoms. The molecular weight excluding hydrogens is 335 g/mol.